The van der Waals surface area contributed by atoms with Gasteiger partial charge in [0.2, 0.25) is 0 Å². The van der Waals surface area contributed by atoms with Crippen molar-refractivity contribution in [3.63, 3.8) is 0 Å². The van der Waals surface area contributed by atoms with Crippen molar-refractivity contribution in [3.8, 4) is 27.9 Å². The summed E-state index contributed by atoms with van der Waals surface area (Å²) in [6, 6.07) is 46.3. The molecule has 2 nitrogen and oxygen atoms in total. The first-order valence-corrected chi connectivity index (χ1v) is 17.3. The minimum atomic E-state index is -1.82. The summed E-state index contributed by atoms with van der Waals surface area (Å²) in [4.78, 5) is 0. The van der Waals surface area contributed by atoms with Crippen molar-refractivity contribution in [3.05, 3.63) is 127 Å². The fourth-order valence-electron chi connectivity index (χ4n) is 7.21. The van der Waals surface area contributed by atoms with Crippen molar-refractivity contribution in [2.24, 2.45) is 0 Å². The third kappa shape index (κ3) is 3.07. The Kier molecular flexibility index (Phi) is 4.52. The monoisotopic (exact) mass is 541 g/mol. The van der Waals surface area contributed by atoms with Crippen LogP contribution in [0.5, 0.6) is 0 Å². The smallest absolute Gasteiger partial charge is 0.137 e. The van der Waals surface area contributed by atoms with Crippen LogP contribution in [0.3, 0.4) is 0 Å². The van der Waals surface area contributed by atoms with Crippen molar-refractivity contribution in [1.82, 2.24) is 4.57 Å². The van der Waals surface area contributed by atoms with Gasteiger partial charge in [-0.3, -0.25) is 0 Å². The molecule has 6 aromatic carbocycles. The number of rotatable bonds is 3. The van der Waals surface area contributed by atoms with E-state index in [4.69, 9.17) is 4.42 Å². The van der Waals surface area contributed by atoms with Gasteiger partial charge in [0.1, 0.15) is 19.2 Å². The molecular formula is C38H27NOSi. The van der Waals surface area contributed by atoms with Gasteiger partial charge >= 0.3 is 0 Å². The molecule has 0 saturated heterocycles. The van der Waals surface area contributed by atoms with Crippen molar-refractivity contribution in [2.75, 3.05) is 0 Å². The molecule has 8 aromatic rings. The van der Waals surface area contributed by atoms with E-state index in [9.17, 15) is 0 Å². The van der Waals surface area contributed by atoms with Crippen molar-refractivity contribution in [2.45, 2.75) is 13.1 Å². The van der Waals surface area contributed by atoms with E-state index in [0.29, 0.717) is 0 Å². The number of aromatic nitrogens is 1. The summed E-state index contributed by atoms with van der Waals surface area (Å²) in [6.07, 6.45) is 0. The van der Waals surface area contributed by atoms with Crippen LogP contribution in [-0.2, 0) is 0 Å². The Balaban J connectivity index is 1.24. The van der Waals surface area contributed by atoms with Crippen LogP contribution in [-0.4, -0.2) is 12.6 Å². The number of hydrogen-bond acceptors (Lipinski definition) is 1. The van der Waals surface area contributed by atoms with Gasteiger partial charge in [-0.25, -0.2) is 0 Å². The zero-order valence-electron chi connectivity index (χ0n) is 23.0. The molecule has 1 aliphatic heterocycles. The molecule has 0 bridgehead atoms. The maximum atomic E-state index is 6.70. The maximum absolute atomic E-state index is 6.70. The normalized spacial score (nSPS) is 13.8. The topological polar surface area (TPSA) is 18.1 Å². The third-order valence-electron chi connectivity index (χ3n) is 9.21. The summed E-state index contributed by atoms with van der Waals surface area (Å²) < 4.78 is 9.12. The van der Waals surface area contributed by atoms with E-state index in [1.165, 1.54) is 65.2 Å². The molecule has 0 atom stereocenters. The average molecular weight is 542 g/mol. The van der Waals surface area contributed by atoms with E-state index >= 15 is 0 Å². The molecule has 9 rings (SSSR count). The van der Waals surface area contributed by atoms with E-state index in [1.807, 2.05) is 0 Å². The molecule has 0 radical (unpaired) electrons. The van der Waals surface area contributed by atoms with Gasteiger partial charge < -0.3 is 8.98 Å². The highest BCUT2D eigenvalue weighted by Gasteiger charge is 2.37. The van der Waals surface area contributed by atoms with Gasteiger partial charge in [0.05, 0.1) is 16.4 Å². The molecular weight excluding hydrogens is 515 g/mol. The predicted molar refractivity (Wildman–Crippen MR) is 176 cm³/mol. The molecule has 3 heterocycles. The van der Waals surface area contributed by atoms with Crippen LogP contribution in [0.4, 0.5) is 0 Å². The maximum Gasteiger partial charge on any atom is 0.137 e. The lowest BCUT2D eigenvalue weighted by atomic mass is 10.0. The van der Waals surface area contributed by atoms with E-state index in [1.54, 1.807) is 0 Å². The van der Waals surface area contributed by atoms with Gasteiger partial charge in [-0.05, 0) is 74.4 Å². The van der Waals surface area contributed by atoms with Crippen LogP contribution in [0.2, 0.25) is 13.1 Å². The molecule has 41 heavy (non-hydrogen) atoms. The van der Waals surface area contributed by atoms with Crippen LogP contribution in [0.15, 0.2) is 132 Å². The standard InChI is InChI=1S/C38H27NOSi/c1-41(2)33-13-7-12-32-37(33)38-34(41)23-22-30-36(38)35-29(10-6-11-31(35)40-32)39(30)28-20-18-27(19-21-28)26-16-14-25(15-17-26)24-8-4-3-5-9-24/h3-23H,1-2H3. The highest BCUT2D eigenvalue weighted by atomic mass is 28.3. The van der Waals surface area contributed by atoms with E-state index in [0.717, 1.165) is 16.9 Å². The Morgan fingerprint density at radius 1 is 0.439 bits per heavy atom. The second kappa shape index (κ2) is 8.09. The average Bonchev–Trinajstić information content (AvgIpc) is 3.41. The zero-order chi connectivity index (χ0) is 27.3. The van der Waals surface area contributed by atoms with Crippen LogP contribution in [0, 0.1) is 0 Å². The molecule has 0 aliphatic carbocycles. The SMILES string of the molecule is C[Si]1(C)c2cccc3oc4cccc5c4c4c(c1ccc4n5-c1ccc(-c4ccc(-c5ccccc5)cc4)cc1)c23. The molecule has 194 valence electrons. The Morgan fingerprint density at radius 2 is 1.00 bits per heavy atom. The third-order valence-corrected chi connectivity index (χ3v) is 12.7. The Morgan fingerprint density at radius 3 is 1.71 bits per heavy atom. The largest absolute Gasteiger partial charge is 0.456 e. The van der Waals surface area contributed by atoms with Crippen LogP contribution >= 0.6 is 0 Å². The minimum Gasteiger partial charge on any atom is -0.456 e. The first-order chi connectivity index (χ1) is 20.1. The number of nitrogens with zero attached hydrogens (tertiary/aromatic N) is 1. The molecule has 0 fully saturated rings. The Bertz CT molecular complexity index is 2300. The van der Waals surface area contributed by atoms with Crippen molar-refractivity contribution >= 4 is 62.2 Å². The first-order valence-electron chi connectivity index (χ1n) is 14.3. The zero-order valence-corrected chi connectivity index (χ0v) is 24.0. The predicted octanol–water partition coefficient (Wildman–Crippen LogP) is 9.15. The van der Waals surface area contributed by atoms with Gasteiger partial charge in [-0.1, -0.05) is 104 Å². The van der Waals surface area contributed by atoms with Gasteiger partial charge in [-0.2, -0.15) is 0 Å². The fraction of sp³-hybridized carbons (Fsp3) is 0.0526. The molecule has 1 aliphatic rings. The molecule has 0 amide bonds. The molecule has 0 unspecified atom stereocenters. The molecule has 0 N–H and O–H groups in total. The lowest BCUT2D eigenvalue weighted by Gasteiger charge is -2.19. The first kappa shape index (κ1) is 22.9. The minimum absolute atomic E-state index is 0.942. The van der Waals surface area contributed by atoms with Crippen LogP contribution in [0.25, 0.3) is 71.7 Å². The van der Waals surface area contributed by atoms with Gasteiger partial charge in [0, 0.05) is 16.5 Å². The lowest BCUT2D eigenvalue weighted by Crippen LogP contribution is -2.49. The van der Waals surface area contributed by atoms with E-state index in [2.05, 4.69) is 145 Å². The van der Waals surface area contributed by atoms with Gasteiger partial charge in [0.15, 0.2) is 0 Å². The van der Waals surface area contributed by atoms with Crippen LogP contribution < -0.4 is 10.4 Å². The number of hydrogen-bond donors (Lipinski definition) is 0. The summed E-state index contributed by atoms with van der Waals surface area (Å²) >= 11 is 0. The quantitative estimate of drug-likeness (QED) is 0.204. The van der Waals surface area contributed by atoms with Gasteiger partial charge in [0.25, 0.3) is 0 Å². The Hall–Kier alpha value is -4.86. The Labute approximate surface area is 239 Å². The summed E-state index contributed by atoms with van der Waals surface area (Å²) in [5.41, 5.74) is 10.4. The molecule has 3 heteroatoms. The summed E-state index contributed by atoms with van der Waals surface area (Å²) in [6.45, 7) is 4.94. The second-order valence-corrected chi connectivity index (χ2v) is 16.1. The fourth-order valence-corrected chi connectivity index (χ4v) is 10.3. The highest BCUT2D eigenvalue weighted by Crippen LogP contribution is 2.42. The summed E-state index contributed by atoms with van der Waals surface area (Å²) in [7, 11) is -1.82. The van der Waals surface area contributed by atoms with Crippen molar-refractivity contribution < 1.29 is 4.42 Å². The van der Waals surface area contributed by atoms with Gasteiger partial charge in [-0.15, -0.1) is 0 Å². The number of benzene rings is 6. The van der Waals surface area contributed by atoms with E-state index < -0.39 is 8.07 Å². The summed E-state index contributed by atoms with van der Waals surface area (Å²) in [5, 5.41) is 8.25. The molecule has 2 aromatic heterocycles. The highest BCUT2D eigenvalue weighted by molar-refractivity contribution is 7.05. The van der Waals surface area contributed by atoms with Crippen molar-refractivity contribution in [1.29, 1.82) is 0 Å². The molecule has 0 saturated carbocycles. The van der Waals surface area contributed by atoms with E-state index in [-0.39, 0.29) is 0 Å². The lowest BCUT2D eigenvalue weighted by molar-refractivity contribution is 0.664. The second-order valence-electron chi connectivity index (χ2n) is 11.8. The van der Waals surface area contributed by atoms with Crippen LogP contribution in [0.1, 0.15) is 0 Å². The summed E-state index contributed by atoms with van der Waals surface area (Å²) in [5.74, 6) is 0. The molecule has 0 spiro atoms.